The molecule has 0 amide bonds. The maximum Gasteiger partial charge on any atom is 0.161 e. The number of hydrogen-bond donors (Lipinski definition) is 2. The minimum Gasteiger partial charge on any atom is -0.504 e. The van der Waals surface area contributed by atoms with Gasteiger partial charge in [-0.2, -0.15) is 0 Å². The van der Waals surface area contributed by atoms with E-state index in [0.29, 0.717) is 31.6 Å². The molecule has 4 heteroatoms. The molecule has 1 aromatic carbocycles. The van der Waals surface area contributed by atoms with Gasteiger partial charge in [0.15, 0.2) is 11.5 Å². The first-order valence-electron chi connectivity index (χ1n) is 10.2. The van der Waals surface area contributed by atoms with Gasteiger partial charge >= 0.3 is 0 Å². The van der Waals surface area contributed by atoms with Crippen LogP contribution < -0.4 is 4.74 Å². The Balaban J connectivity index is 2.37. The first kappa shape index (κ1) is 22.5. The lowest BCUT2D eigenvalue weighted by Gasteiger charge is -2.11. The summed E-state index contributed by atoms with van der Waals surface area (Å²) < 4.78 is 5.68. The molecule has 26 heavy (non-hydrogen) atoms. The molecule has 0 radical (unpaired) electrons. The quantitative estimate of drug-likeness (QED) is 0.421. The molecule has 4 nitrogen and oxygen atoms in total. The molecule has 1 unspecified atom stereocenters. The van der Waals surface area contributed by atoms with Crippen LogP contribution in [0.1, 0.15) is 83.6 Å². The summed E-state index contributed by atoms with van der Waals surface area (Å²) >= 11 is 0. The van der Waals surface area contributed by atoms with Crippen LogP contribution in [0, 0.1) is 0 Å². The Morgan fingerprint density at radius 3 is 2.54 bits per heavy atom. The molecule has 0 bridgehead atoms. The number of aryl methyl sites for hydroxylation is 1. The van der Waals surface area contributed by atoms with Gasteiger partial charge in [-0.15, -0.1) is 0 Å². The van der Waals surface area contributed by atoms with Gasteiger partial charge in [-0.25, -0.2) is 0 Å². The van der Waals surface area contributed by atoms with E-state index >= 15 is 0 Å². The molecule has 1 rings (SSSR count). The fourth-order valence-corrected chi connectivity index (χ4v) is 2.92. The third kappa shape index (κ3) is 9.81. The lowest BCUT2D eigenvalue weighted by molar-refractivity contribution is -0.121. The molecule has 0 aliphatic rings. The first-order valence-corrected chi connectivity index (χ1v) is 10.2. The Bertz CT molecular complexity index is 513. The van der Waals surface area contributed by atoms with Gasteiger partial charge in [0.25, 0.3) is 0 Å². The van der Waals surface area contributed by atoms with Gasteiger partial charge < -0.3 is 14.9 Å². The molecule has 0 saturated heterocycles. The minimum atomic E-state index is -0.518. The lowest BCUT2D eigenvalue weighted by Crippen LogP contribution is -2.13. The van der Waals surface area contributed by atoms with Crippen molar-refractivity contribution in [2.24, 2.45) is 0 Å². The van der Waals surface area contributed by atoms with E-state index in [9.17, 15) is 15.0 Å². The van der Waals surface area contributed by atoms with Crippen LogP contribution in [0.5, 0.6) is 11.5 Å². The largest absolute Gasteiger partial charge is 0.504 e. The van der Waals surface area contributed by atoms with Gasteiger partial charge in [0.05, 0.1) is 12.7 Å². The Morgan fingerprint density at radius 2 is 1.81 bits per heavy atom. The number of ketones is 1. The molecule has 0 fully saturated rings. The van der Waals surface area contributed by atoms with Crippen LogP contribution in [0.4, 0.5) is 0 Å². The molecule has 0 spiro atoms. The standard InChI is InChI=1S/C22H36O4/c1-3-5-7-9-15-26-22-16-18(12-14-21(22)25)11-13-20(24)17-19(23)10-8-6-4-2/h12,14,16,19,23,25H,3-11,13,15,17H2,1-2H3. The number of aliphatic hydroxyl groups is 1. The van der Waals surface area contributed by atoms with Crippen LogP contribution >= 0.6 is 0 Å². The van der Waals surface area contributed by atoms with Crippen molar-refractivity contribution in [3.63, 3.8) is 0 Å². The number of unbranched alkanes of at least 4 members (excludes halogenated alkanes) is 5. The maximum absolute atomic E-state index is 12.0. The summed E-state index contributed by atoms with van der Waals surface area (Å²) in [7, 11) is 0. The van der Waals surface area contributed by atoms with E-state index in [1.807, 2.05) is 12.1 Å². The molecular weight excluding hydrogens is 328 g/mol. The predicted octanol–water partition coefficient (Wildman–Crippen LogP) is 5.18. The summed E-state index contributed by atoms with van der Waals surface area (Å²) in [5, 5.41) is 19.8. The zero-order valence-corrected chi connectivity index (χ0v) is 16.5. The van der Waals surface area contributed by atoms with Crippen LogP contribution in [-0.2, 0) is 11.2 Å². The zero-order chi connectivity index (χ0) is 19.2. The van der Waals surface area contributed by atoms with Crippen molar-refractivity contribution < 1.29 is 19.7 Å². The maximum atomic E-state index is 12.0. The van der Waals surface area contributed by atoms with E-state index in [4.69, 9.17) is 4.74 Å². The molecule has 1 aromatic rings. The molecule has 0 saturated carbocycles. The van der Waals surface area contributed by atoms with Crippen molar-refractivity contribution in [2.75, 3.05) is 6.61 Å². The monoisotopic (exact) mass is 364 g/mol. The van der Waals surface area contributed by atoms with E-state index in [1.165, 1.54) is 12.8 Å². The fraction of sp³-hybridized carbons (Fsp3) is 0.682. The molecule has 148 valence electrons. The summed E-state index contributed by atoms with van der Waals surface area (Å²) in [6, 6.07) is 5.27. The highest BCUT2D eigenvalue weighted by atomic mass is 16.5. The van der Waals surface area contributed by atoms with Gasteiger partial charge in [-0.05, 0) is 37.0 Å². The third-order valence-electron chi connectivity index (χ3n) is 4.58. The van der Waals surface area contributed by atoms with Crippen LogP contribution in [-0.4, -0.2) is 28.7 Å². The number of aliphatic hydroxyl groups excluding tert-OH is 1. The van der Waals surface area contributed by atoms with E-state index in [-0.39, 0.29) is 18.0 Å². The second-order valence-electron chi connectivity index (χ2n) is 7.10. The van der Waals surface area contributed by atoms with E-state index in [1.54, 1.807) is 6.07 Å². The molecular formula is C22H36O4. The molecule has 2 N–H and O–H groups in total. The number of ether oxygens (including phenoxy) is 1. The van der Waals surface area contributed by atoms with Crippen LogP contribution in [0.2, 0.25) is 0 Å². The van der Waals surface area contributed by atoms with Gasteiger partial charge in [0.2, 0.25) is 0 Å². The molecule has 0 aromatic heterocycles. The number of phenolic OH excluding ortho intramolecular Hbond substituents is 1. The summed E-state index contributed by atoms with van der Waals surface area (Å²) in [6.07, 6.45) is 9.11. The van der Waals surface area contributed by atoms with Crippen molar-refractivity contribution in [1.82, 2.24) is 0 Å². The van der Waals surface area contributed by atoms with Crippen molar-refractivity contribution >= 4 is 5.78 Å². The van der Waals surface area contributed by atoms with E-state index < -0.39 is 6.10 Å². The normalized spacial score (nSPS) is 12.1. The number of benzene rings is 1. The zero-order valence-electron chi connectivity index (χ0n) is 16.5. The highest BCUT2D eigenvalue weighted by Crippen LogP contribution is 2.27. The molecule has 0 aliphatic carbocycles. The Morgan fingerprint density at radius 1 is 1.08 bits per heavy atom. The summed E-state index contributed by atoms with van der Waals surface area (Å²) in [4.78, 5) is 12.0. The number of phenols is 1. The number of hydrogen-bond acceptors (Lipinski definition) is 4. The Hall–Kier alpha value is -1.55. The Kier molecular flexibility index (Phi) is 11.8. The van der Waals surface area contributed by atoms with Crippen molar-refractivity contribution in [3.05, 3.63) is 23.8 Å². The van der Waals surface area contributed by atoms with Gasteiger partial charge in [-0.1, -0.05) is 58.4 Å². The number of aromatic hydroxyl groups is 1. The minimum absolute atomic E-state index is 0.0871. The van der Waals surface area contributed by atoms with Crippen molar-refractivity contribution in [3.8, 4) is 11.5 Å². The lowest BCUT2D eigenvalue weighted by atomic mass is 10.0. The number of Topliss-reactive ketones (excluding diaryl/α,β-unsaturated/α-hetero) is 1. The highest BCUT2D eigenvalue weighted by molar-refractivity contribution is 5.79. The van der Waals surface area contributed by atoms with Gasteiger partial charge in [0.1, 0.15) is 5.78 Å². The van der Waals surface area contributed by atoms with E-state index in [2.05, 4.69) is 13.8 Å². The average Bonchev–Trinajstić information content (AvgIpc) is 2.62. The SMILES string of the molecule is CCCCCCOc1cc(CCC(=O)CC(O)CCCCC)ccc1O. The average molecular weight is 365 g/mol. The molecule has 0 aliphatic heterocycles. The summed E-state index contributed by atoms with van der Waals surface area (Å²) in [6.45, 7) is 4.89. The first-order chi connectivity index (χ1) is 12.6. The number of rotatable bonds is 15. The topological polar surface area (TPSA) is 66.8 Å². The second-order valence-corrected chi connectivity index (χ2v) is 7.10. The predicted molar refractivity (Wildman–Crippen MR) is 106 cm³/mol. The highest BCUT2D eigenvalue weighted by Gasteiger charge is 2.11. The Labute approximate surface area is 158 Å². The molecule has 1 atom stereocenters. The number of carbonyl (C=O) groups excluding carboxylic acids is 1. The van der Waals surface area contributed by atoms with Crippen LogP contribution in [0.15, 0.2) is 18.2 Å². The summed E-state index contributed by atoms with van der Waals surface area (Å²) in [5.41, 5.74) is 0.972. The third-order valence-corrected chi connectivity index (χ3v) is 4.58. The van der Waals surface area contributed by atoms with Crippen molar-refractivity contribution in [2.45, 2.75) is 90.6 Å². The van der Waals surface area contributed by atoms with Crippen molar-refractivity contribution in [1.29, 1.82) is 0 Å². The number of carbonyl (C=O) groups is 1. The van der Waals surface area contributed by atoms with Crippen LogP contribution in [0.3, 0.4) is 0 Å². The smallest absolute Gasteiger partial charge is 0.161 e. The van der Waals surface area contributed by atoms with Gasteiger partial charge in [-0.3, -0.25) is 4.79 Å². The fourth-order valence-electron chi connectivity index (χ4n) is 2.92. The van der Waals surface area contributed by atoms with E-state index in [0.717, 1.165) is 37.7 Å². The van der Waals surface area contributed by atoms with Gasteiger partial charge in [0, 0.05) is 12.8 Å². The second kappa shape index (κ2) is 13.6. The summed E-state index contributed by atoms with van der Waals surface area (Å²) in [5.74, 6) is 0.720. The molecule has 0 heterocycles. The van der Waals surface area contributed by atoms with Crippen LogP contribution in [0.25, 0.3) is 0 Å².